The van der Waals surface area contributed by atoms with E-state index >= 15 is 0 Å². The van der Waals surface area contributed by atoms with Crippen LogP contribution in [0.4, 0.5) is 0 Å². The molecule has 0 saturated carbocycles. The third kappa shape index (κ3) is 7.15. The zero-order chi connectivity index (χ0) is 22.5. The molecule has 0 saturated heterocycles. The number of hydrogen-bond acceptors (Lipinski definition) is 6. The Bertz CT molecular complexity index is 860. The average Bonchev–Trinajstić information content (AvgIpc) is 2.99. The van der Waals surface area contributed by atoms with Crippen LogP contribution in [0.2, 0.25) is 0 Å². The number of rotatable bonds is 8. The van der Waals surface area contributed by atoms with Gasteiger partial charge in [0.05, 0.1) is 13.2 Å². The maximum absolute atomic E-state index is 13.1. The molecule has 1 aromatic carbocycles. The summed E-state index contributed by atoms with van der Waals surface area (Å²) < 4.78 is 11.1. The number of hydrogen-bond donors (Lipinski definition) is 2. The number of benzene rings is 1. The van der Waals surface area contributed by atoms with Crippen LogP contribution in [0.1, 0.15) is 47.1 Å². The molecular formula is C23H34N2O5. The number of nitrogens with one attached hydrogen (secondary N) is 1. The molecule has 1 aromatic heterocycles. The van der Waals surface area contributed by atoms with Crippen LogP contribution in [0.3, 0.4) is 0 Å². The second-order valence-electron chi connectivity index (χ2n) is 9.39. The van der Waals surface area contributed by atoms with Crippen molar-refractivity contribution in [1.82, 2.24) is 9.88 Å². The highest BCUT2D eigenvalue weighted by atomic mass is 16.6. The molecular weight excluding hydrogens is 384 g/mol. The molecule has 166 valence electrons. The fourth-order valence-electron chi connectivity index (χ4n) is 3.25. The van der Waals surface area contributed by atoms with Gasteiger partial charge in [0.1, 0.15) is 17.2 Å². The van der Waals surface area contributed by atoms with Crippen LogP contribution >= 0.6 is 0 Å². The number of H-pyrrole nitrogens is 1. The fraction of sp³-hybridized carbons (Fsp3) is 0.565. The SMILES string of the molecule is CC(C)(C)OC(=O)CN(CCO)[C@@H](Cc1c[nH]c2ccccc12)C(=O)OC(C)(C)C. The quantitative estimate of drug-likeness (QED) is 0.640. The second kappa shape index (κ2) is 9.62. The van der Waals surface area contributed by atoms with Crippen molar-refractivity contribution >= 4 is 22.8 Å². The van der Waals surface area contributed by atoms with Crippen molar-refractivity contribution in [2.75, 3.05) is 19.7 Å². The zero-order valence-electron chi connectivity index (χ0n) is 18.8. The van der Waals surface area contributed by atoms with E-state index in [9.17, 15) is 14.7 Å². The van der Waals surface area contributed by atoms with Gasteiger partial charge >= 0.3 is 11.9 Å². The Morgan fingerprint density at radius 3 is 2.30 bits per heavy atom. The molecule has 0 fully saturated rings. The van der Waals surface area contributed by atoms with Gasteiger partial charge in [-0.05, 0) is 53.2 Å². The summed E-state index contributed by atoms with van der Waals surface area (Å²) in [5.41, 5.74) is 0.594. The van der Waals surface area contributed by atoms with Crippen LogP contribution in [0.25, 0.3) is 10.9 Å². The molecule has 0 unspecified atom stereocenters. The maximum Gasteiger partial charge on any atom is 0.324 e. The van der Waals surface area contributed by atoms with Gasteiger partial charge in [-0.1, -0.05) is 18.2 Å². The second-order valence-corrected chi connectivity index (χ2v) is 9.39. The van der Waals surface area contributed by atoms with E-state index in [2.05, 4.69) is 4.98 Å². The molecule has 7 heteroatoms. The van der Waals surface area contributed by atoms with Gasteiger partial charge in [-0.2, -0.15) is 0 Å². The maximum atomic E-state index is 13.1. The number of aliphatic hydroxyl groups excluding tert-OH is 1. The van der Waals surface area contributed by atoms with Gasteiger partial charge < -0.3 is 19.6 Å². The first-order chi connectivity index (χ1) is 13.9. The molecule has 0 amide bonds. The van der Waals surface area contributed by atoms with Crippen molar-refractivity contribution in [2.45, 2.75) is 65.2 Å². The smallest absolute Gasteiger partial charge is 0.324 e. The van der Waals surface area contributed by atoms with E-state index < -0.39 is 29.2 Å². The van der Waals surface area contributed by atoms with Gasteiger partial charge in [-0.3, -0.25) is 14.5 Å². The minimum Gasteiger partial charge on any atom is -0.459 e. The summed E-state index contributed by atoms with van der Waals surface area (Å²) in [7, 11) is 0. The first kappa shape index (κ1) is 23.9. The Labute approximate surface area is 178 Å². The fourth-order valence-corrected chi connectivity index (χ4v) is 3.25. The summed E-state index contributed by atoms with van der Waals surface area (Å²) in [6.07, 6.45) is 2.20. The monoisotopic (exact) mass is 418 g/mol. The number of ether oxygens (including phenoxy) is 2. The van der Waals surface area contributed by atoms with Gasteiger partial charge in [0, 0.05) is 30.1 Å². The molecule has 0 aliphatic rings. The van der Waals surface area contributed by atoms with Crippen molar-refractivity contribution in [3.63, 3.8) is 0 Å². The van der Waals surface area contributed by atoms with Crippen LogP contribution in [0.15, 0.2) is 30.5 Å². The molecule has 2 N–H and O–H groups in total. The number of aliphatic hydroxyl groups is 1. The Hall–Kier alpha value is -2.38. The Balaban J connectivity index is 2.33. The lowest BCUT2D eigenvalue weighted by Gasteiger charge is -2.32. The van der Waals surface area contributed by atoms with Gasteiger partial charge in [-0.15, -0.1) is 0 Å². The first-order valence-electron chi connectivity index (χ1n) is 10.2. The minimum atomic E-state index is -0.747. The third-order valence-corrected chi connectivity index (χ3v) is 4.35. The largest absolute Gasteiger partial charge is 0.459 e. The summed E-state index contributed by atoms with van der Waals surface area (Å²) in [4.78, 5) is 30.4. The highest BCUT2D eigenvalue weighted by molar-refractivity contribution is 5.85. The number of carbonyl (C=O) groups excluding carboxylic acids is 2. The standard InChI is InChI=1S/C23H34N2O5/c1-22(2,3)29-20(27)15-25(11-12-26)19(21(28)30-23(4,5)6)13-16-14-24-18-10-8-7-9-17(16)18/h7-10,14,19,24,26H,11-13,15H2,1-6H3/t19-/m0/s1. The summed E-state index contributed by atoms with van der Waals surface area (Å²) in [6, 6.07) is 7.08. The number of nitrogens with zero attached hydrogens (tertiary/aromatic N) is 1. The van der Waals surface area contributed by atoms with E-state index in [1.807, 2.05) is 30.5 Å². The lowest BCUT2D eigenvalue weighted by molar-refractivity contribution is -0.164. The topological polar surface area (TPSA) is 91.9 Å². The van der Waals surface area contributed by atoms with Crippen LogP contribution < -0.4 is 0 Å². The molecule has 0 aliphatic heterocycles. The highest BCUT2D eigenvalue weighted by Crippen LogP contribution is 2.22. The van der Waals surface area contributed by atoms with E-state index in [4.69, 9.17) is 9.47 Å². The van der Waals surface area contributed by atoms with Crippen molar-refractivity contribution in [3.8, 4) is 0 Å². The number of aromatic nitrogens is 1. The Morgan fingerprint density at radius 2 is 1.70 bits per heavy atom. The van der Waals surface area contributed by atoms with E-state index in [0.717, 1.165) is 16.5 Å². The van der Waals surface area contributed by atoms with Crippen LogP contribution in [0.5, 0.6) is 0 Å². The number of aromatic amines is 1. The van der Waals surface area contributed by atoms with E-state index in [0.29, 0.717) is 6.42 Å². The van der Waals surface area contributed by atoms with Gasteiger partial charge in [-0.25, -0.2) is 0 Å². The van der Waals surface area contributed by atoms with Crippen molar-refractivity contribution in [3.05, 3.63) is 36.0 Å². The van der Waals surface area contributed by atoms with Crippen molar-refractivity contribution < 1.29 is 24.2 Å². The Morgan fingerprint density at radius 1 is 1.07 bits per heavy atom. The molecule has 7 nitrogen and oxygen atoms in total. The molecule has 1 atom stereocenters. The molecule has 0 aliphatic carbocycles. The molecule has 0 radical (unpaired) electrons. The predicted octanol–water partition coefficient (Wildman–Crippen LogP) is 3.06. The lowest BCUT2D eigenvalue weighted by atomic mass is 10.0. The molecule has 0 spiro atoms. The molecule has 30 heavy (non-hydrogen) atoms. The Kier molecular flexibility index (Phi) is 7.66. The van der Waals surface area contributed by atoms with Crippen LogP contribution in [-0.2, 0) is 25.5 Å². The van der Waals surface area contributed by atoms with Gasteiger partial charge in [0.15, 0.2) is 0 Å². The molecule has 0 bridgehead atoms. The lowest BCUT2D eigenvalue weighted by Crippen LogP contribution is -2.49. The molecule has 2 rings (SSSR count). The van der Waals surface area contributed by atoms with Crippen LogP contribution in [-0.4, -0.2) is 63.9 Å². The van der Waals surface area contributed by atoms with Crippen LogP contribution in [0, 0.1) is 0 Å². The summed E-state index contributed by atoms with van der Waals surface area (Å²) >= 11 is 0. The normalized spacial score (nSPS) is 13.5. The summed E-state index contributed by atoms with van der Waals surface area (Å²) in [6.45, 7) is 10.6. The van der Waals surface area contributed by atoms with Crippen molar-refractivity contribution in [1.29, 1.82) is 0 Å². The summed E-state index contributed by atoms with van der Waals surface area (Å²) in [5.74, 6) is -0.895. The van der Waals surface area contributed by atoms with Crippen molar-refractivity contribution in [2.24, 2.45) is 0 Å². The number of fused-ring (bicyclic) bond motifs is 1. The van der Waals surface area contributed by atoms with E-state index in [1.54, 1.807) is 46.4 Å². The van der Waals surface area contributed by atoms with E-state index in [-0.39, 0.29) is 19.7 Å². The minimum absolute atomic E-state index is 0.121. The first-order valence-corrected chi connectivity index (χ1v) is 10.2. The summed E-state index contributed by atoms with van der Waals surface area (Å²) in [5, 5.41) is 10.6. The zero-order valence-corrected chi connectivity index (χ0v) is 18.8. The number of carbonyl (C=O) groups is 2. The molecule has 1 heterocycles. The number of esters is 2. The average molecular weight is 419 g/mol. The van der Waals surface area contributed by atoms with E-state index in [1.165, 1.54) is 0 Å². The molecule has 2 aromatic rings. The number of para-hydroxylation sites is 1. The van der Waals surface area contributed by atoms with Gasteiger partial charge in [0.2, 0.25) is 0 Å². The predicted molar refractivity (Wildman–Crippen MR) is 116 cm³/mol. The van der Waals surface area contributed by atoms with Gasteiger partial charge in [0.25, 0.3) is 0 Å². The highest BCUT2D eigenvalue weighted by Gasteiger charge is 2.33. The third-order valence-electron chi connectivity index (χ3n) is 4.35.